The number of amides is 1. The Balaban J connectivity index is 1.69. The fourth-order valence-corrected chi connectivity index (χ4v) is 4.40. The average molecular weight is 375 g/mol. The SMILES string of the molecule is CS(=O)(=O)N1CCC[C@H](C(=O)NCCSCc2ccccc2F)C1. The molecule has 8 heteroatoms. The van der Waals surface area contributed by atoms with Crippen LogP contribution in [0.3, 0.4) is 0 Å². The summed E-state index contributed by atoms with van der Waals surface area (Å²) in [5.41, 5.74) is 0.657. The average Bonchev–Trinajstić information content (AvgIpc) is 2.55. The normalized spacial score (nSPS) is 19.2. The highest BCUT2D eigenvalue weighted by Crippen LogP contribution is 2.19. The Hall–Kier alpha value is -1.12. The van der Waals surface area contributed by atoms with Crippen LogP contribution < -0.4 is 5.32 Å². The fraction of sp³-hybridized carbons (Fsp3) is 0.562. The van der Waals surface area contributed by atoms with Crippen LogP contribution in [0.5, 0.6) is 0 Å². The minimum Gasteiger partial charge on any atom is -0.355 e. The van der Waals surface area contributed by atoms with Crippen LogP contribution >= 0.6 is 11.8 Å². The zero-order chi connectivity index (χ0) is 17.6. The highest BCUT2D eigenvalue weighted by atomic mass is 32.2. The number of halogens is 1. The number of hydrogen-bond donors (Lipinski definition) is 1. The summed E-state index contributed by atoms with van der Waals surface area (Å²) in [6.45, 7) is 1.24. The predicted octanol–water partition coefficient (Wildman–Crippen LogP) is 1.85. The molecule has 1 aromatic carbocycles. The van der Waals surface area contributed by atoms with Gasteiger partial charge in [-0.3, -0.25) is 4.79 Å². The van der Waals surface area contributed by atoms with Gasteiger partial charge in [0.1, 0.15) is 5.82 Å². The van der Waals surface area contributed by atoms with Crippen LogP contribution in [-0.4, -0.2) is 50.3 Å². The van der Waals surface area contributed by atoms with Gasteiger partial charge in [0, 0.05) is 31.1 Å². The highest BCUT2D eigenvalue weighted by molar-refractivity contribution is 7.98. The van der Waals surface area contributed by atoms with E-state index in [2.05, 4.69) is 5.32 Å². The number of benzene rings is 1. The van der Waals surface area contributed by atoms with Gasteiger partial charge in [0.2, 0.25) is 15.9 Å². The van der Waals surface area contributed by atoms with Crippen molar-refractivity contribution in [1.29, 1.82) is 0 Å². The number of piperidine rings is 1. The van der Waals surface area contributed by atoms with E-state index in [0.717, 1.165) is 0 Å². The van der Waals surface area contributed by atoms with Crippen molar-refractivity contribution >= 4 is 27.7 Å². The third kappa shape index (κ3) is 5.75. The van der Waals surface area contributed by atoms with Gasteiger partial charge in [-0.15, -0.1) is 0 Å². The Morgan fingerprint density at radius 2 is 2.17 bits per heavy atom. The summed E-state index contributed by atoms with van der Waals surface area (Å²) in [5.74, 6) is 0.646. The zero-order valence-corrected chi connectivity index (χ0v) is 15.3. The van der Waals surface area contributed by atoms with E-state index in [1.807, 2.05) is 0 Å². The number of sulfonamides is 1. The van der Waals surface area contributed by atoms with E-state index in [1.54, 1.807) is 30.0 Å². The van der Waals surface area contributed by atoms with Crippen LogP contribution in [0, 0.1) is 11.7 Å². The van der Waals surface area contributed by atoms with Gasteiger partial charge in [-0.05, 0) is 24.5 Å². The van der Waals surface area contributed by atoms with Crippen molar-refractivity contribution in [2.45, 2.75) is 18.6 Å². The second-order valence-electron chi connectivity index (χ2n) is 5.90. The predicted molar refractivity (Wildman–Crippen MR) is 94.7 cm³/mol. The molecule has 2 rings (SSSR count). The first-order valence-electron chi connectivity index (χ1n) is 7.92. The van der Waals surface area contributed by atoms with E-state index < -0.39 is 10.0 Å². The summed E-state index contributed by atoms with van der Waals surface area (Å²) in [6.07, 6.45) is 2.58. The number of nitrogens with one attached hydrogen (secondary N) is 1. The summed E-state index contributed by atoms with van der Waals surface area (Å²) < 4.78 is 38.0. The molecule has 1 atom stereocenters. The van der Waals surface area contributed by atoms with Crippen molar-refractivity contribution in [3.63, 3.8) is 0 Å². The van der Waals surface area contributed by atoms with Crippen molar-refractivity contribution in [2.75, 3.05) is 31.6 Å². The van der Waals surface area contributed by atoms with Gasteiger partial charge in [-0.1, -0.05) is 18.2 Å². The first-order chi connectivity index (χ1) is 11.4. The quantitative estimate of drug-likeness (QED) is 0.740. The monoisotopic (exact) mass is 374 g/mol. The van der Waals surface area contributed by atoms with E-state index in [4.69, 9.17) is 0 Å². The molecule has 1 amide bonds. The summed E-state index contributed by atoms with van der Waals surface area (Å²) in [7, 11) is -3.24. The van der Waals surface area contributed by atoms with E-state index in [-0.39, 0.29) is 24.2 Å². The maximum absolute atomic E-state index is 13.5. The van der Waals surface area contributed by atoms with Crippen molar-refractivity contribution < 1.29 is 17.6 Å². The molecule has 1 fully saturated rings. The molecule has 134 valence electrons. The summed E-state index contributed by atoms with van der Waals surface area (Å²) in [6, 6.07) is 6.65. The van der Waals surface area contributed by atoms with Crippen LogP contribution in [0.25, 0.3) is 0 Å². The smallest absolute Gasteiger partial charge is 0.224 e. The lowest BCUT2D eigenvalue weighted by Gasteiger charge is -2.30. The molecule has 0 aliphatic carbocycles. The Morgan fingerprint density at radius 1 is 1.42 bits per heavy atom. The Morgan fingerprint density at radius 3 is 2.88 bits per heavy atom. The lowest BCUT2D eigenvalue weighted by molar-refractivity contribution is -0.125. The minimum atomic E-state index is -3.24. The first kappa shape index (κ1) is 19.2. The largest absolute Gasteiger partial charge is 0.355 e. The van der Waals surface area contributed by atoms with Gasteiger partial charge in [-0.2, -0.15) is 11.8 Å². The standard InChI is InChI=1S/C16H23FN2O3S2/c1-24(21,22)19-9-4-6-13(11-19)16(20)18-8-10-23-12-14-5-2-3-7-15(14)17/h2-3,5,7,13H,4,6,8-12H2,1H3,(H,18,20)/t13-/m0/s1. The van der Waals surface area contributed by atoms with Crippen molar-refractivity contribution in [3.8, 4) is 0 Å². The zero-order valence-electron chi connectivity index (χ0n) is 13.7. The lowest BCUT2D eigenvalue weighted by atomic mass is 9.99. The van der Waals surface area contributed by atoms with Crippen molar-refractivity contribution in [3.05, 3.63) is 35.6 Å². The summed E-state index contributed by atoms with van der Waals surface area (Å²) in [4.78, 5) is 12.2. The minimum absolute atomic E-state index is 0.102. The molecule has 5 nitrogen and oxygen atoms in total. The Kier molecular flexibility index (Phi) is 7.06. The molecule has 0 aromatic heterocycles. The molecule has 1 aromatic rings. The molecule has 24 heavy (non-hydrogen) atoms. The molecule has 0 saturated carbocycles. The first-order valence-corrected chi connectivity index (χ1v) is 10.9. The van der Waals surface area contributed by atoms with Gasteiger partial charge in [-0.25, -0.2) is 17.1 Å². The molecule has 1 saturated heterocycles. The van der Waals surface area contributed by atoms with Gasteiger partial charge in [0.15, 0.2) is 0 Å². The molecule has 0 bridgehead atoms. The number of carbonyl (C=O) groups is 1. The Labute approximate surface area is 147 Å². The number of thioether (sulfide) groups is 1. The van der Waals surface area contributed by atoms with Crippen LogP contribution in [0.15, 0.2) is 24.3 Å². The lowest BCUT2D eigenvalue weighted by Crippen LogP contribution is -2.45. The second-order valence-corrected chi connectivity index (χ2v) is 8.98. The third-order valence-electron chi connectivity index (χ3n) is 3.98. The van der Waals surface area contributed by atoms with Crippen molar-refractivity contribution in [1.82, 2.24) is 9.62 Å². The molecular formula is C16H23FN2O3S2. The molecule has 1 aliphatic rings. The fourth-order valence-electron chi connectivity index (χ4n) is 2.65. The Bertz CT molecular complexity index is 667. The maximum Gasteiger partial charge on any atom is 0.224 e. The van der Waals surface area contributed by atoms with E-state index in [1.165, 1.54) is 16.6 Å². The molecule has 1 aliphatic heterocycles. The maximum atomic E-state index is 13.5. The summed E-state index contributed by atoms with van der Waals surface area (Å²) >= 11 is 1.55. The molecule has 1 heterocycles. The number of hydrogen-bond acceptors (Lipinski definition) is 4. The second kappa shape index (κ2) is 8.82. The molecule has 0 radical (unpaired) electrons. The van der Waals surface area contributed by atoms with Crippen LogP contribution in [-0.2, 0) is 20.6 Å². The van der Waals surface area contributed by atoms with Gasteiger partial charge in [0.25, 0.3) is 0 Å². The van der Waals surface area contributed by atoms with Gasteiger partial charge < -0.3 is 5.32 Å². The molecule has 0 spiro atoms. The van der Waals surface area contributed by atoms with Crippen molar-refractivity contribution in [2.24, 2.45) is 5.92 Å². The van der Waals surface area contributed by atoms with E-state index in [0.29, 0.717) is 43.0 Å². The van der Waals surface area contributed by atoms with E-state index >= 15 is 0 Å². The highest BCUT2D eigenvalue weighted by Gasteiger charge is 2.29. The number of rotatable bonds is 7. The van der Waals surface area contributed by atoms with Crippen LogP contribution in [0.1, 0.15) is 18.4 Å². The van der Waals surface area contributed by atoms with Gasteiger partial charge >= 0.3 is 0 Å². The summed E-state index contributed by atoms with van der Waals surface area (Å²) in [5, 5.41) is 2.85. The molecular weight excluding hydrogens is 351 g/mol. The van der Waals surface area contributed by atoms with Crippen LogP contribution in [0.2, 0.25) is 0 Å². The van der Waals surface area contributed by atoms with Gasteiger partial charge in [0.05, 0.1) is 12.2 Å². The topological polar surface area (TPSA) is 66.5 Å². The van der Waals surface area contributed by atoms with E-state index in [9.17, 15) is 17.6 Å². The number of carbonyl (C=O) groups excluding carboxylic acids is 1. The molecule has 1 N–H and O–H groups in total. The molecule has 0 unspecified atom stereocenters. The van der Waals surface area contributed by atoms with Crippen LogP contribution in [0.4, 0.5) is 4.39 Å². The third-order valence-corrected chi connectivity index (χ3v) is 6.26. The number of nitrogens with zero attached hydrogens (tertiary/aromatic N) is 1.